The third-order valence-electron chi connectivity index (χ3n) is 3.41. The highest BCUT2D eigenvalue weighted by molar-refractivity contribution is 5.84. The van der Waals surface area contributed by atoms with Crippen molar-refractivity contribution in [2.24, 2.45) is 11.3 Å². The van der Waals surface area contributed by atoms with Gasteiger partial charge in [-0.1, -0.05) is 13.8 Å². The third kappa shape index (κ3) is 7.28. The number of carboxylic acids is 1. The molecule has 128 valence electrons. The van der Waals surface area contributed by atoms with Gasteiger partial charge in [-0.2, -0.15) is 0 Å². The van der Waals surface area contributed by atoms with Crippen molar-refractivity contribution >= 4 is 18.0 Å². The molecule has 0 radical (unpaired) electrons. The number of aliphatic carboxylic acids is 1. The van der Waals surface area contributed by atoms with Gasteiger partial charge in [-0.3, -0.25) is 9.59 Å². The molecule has 1 atom stereocenters. The van der Waals surface area contributed by atoms with E-state index in [1.165, 1.54) is 0 Å². The second-order valence-corrected chi connectivity index (χ2v) is 6.83. The molecule has 0 rings (SSSR count). The van der Waals surface area contributed by atoms with Crippen molar-refractivity contribution in [3.05, 3.63) is 0 Å². The fourth-order valence-electron chi connectivity index (χ4n) is 1.60. The Hall–Kier alpha value is -1.79. The lowest BCUT2D eigenvalue weighted by atomic mass is 9.76. The van der Waals surface area contributed by atoms with Crippen molar-refractivity contribution in [2.45, 2.75) is 53.6 Å². The van der Waals surface area contributed by atoms with Crippen molar-refractivity contribution in [2.75, 3.05) is 13.1 Å². The molecule has 22 heavy (non-hydrogen) atoms. The van der Waals surface area contributed by atoms with Gasteiger partial charge >= 0.3 is 12.1 Å². The number of carboxylic acid groups (broad SMARTS) is 1. The van der Waals surface area contributed by atoms with E-state index < -0.39 is 23.1 Å². The first-order chi connectivity index (χ1) is 9.88. The molecule has 7 nitrogen and oxygen atoms in total. The van der Waals surface area contributed by atoms with Crippen LogP contribution in [-0.4, -0.2) is 41.8 Å². The topological polar surface area (TPSA) is 105 Å². The zero-order chi connectivity index (χ0) is 17.6. The summed E-state index contributed by atoms with van der Waals surface area (Å²) in [6.45, 7) is 10.8. The van der Waals surface area contributed by atoms with E-state index >= 15 is 0 Å². The maximum Gasteiger partial charge on any atom is 0.407 e. The Morgan fingerprint density at radius 1 is 1.05 bits per heavy atom. The van der Waals surface area contributed by atoms with E-state index in [0.29, 0.717) is 0 Å². The van der Waals surface area contributed by atoms with E-state index in [1.807, 2.05) is 0 Å². The van der Waals surface area contributed by atoms with Gasteiger partial charge in [-0.05, 0) is 33.6 Å². The summed E-state index contributed by atoms with van der Waals surface area (Å²) in [6, 6.07) is 0. The minimum absolute atomic E-state index is 0.105. The fourth-order valence-corrected chi connectivity index (χ4v) is 1.60. The maximum absolute atomic E-state index is 11.8. The Morgan fingerprint density at radius 2 is 1.55 bits per heavy atom. The van der Waals surface area contributed by atoms with Gasteiger partial charge in [0, 0.05) is 19.5 Å². The molecule has 2 amide bonds. The van der Waals surface area contributed by atoms with E-state index in [-0.39, 0.29) is 31.3 Å². The minimum atomic E-state index is -1.11. The molecule has 0 saturated carbocycles. The molecule has 0 aromatic carbocycles. The molecule has 0 spiro atoms. The standard InChI is InChI=1S/C15H28N2O5/c1-10(2)15(6,12(19)20)9-11(18)16-7-8-17-13(21)22-14(3,4)5/h10H,7-9H2,1-6H3,(H,16,18)(H,17,21)(H,19,20). The molecule has 0 aliphatic rings. The molecule has 0 bridgehead atoms. The van der Waals surface area contributed by atoms with Gasteiger partial charge in [-0.15, -0.1) is 0 Å². The van der Waals surface area contributed by atoms with Crippen LogP contribution in [0.1, 0.15) is 48.0 Å². The molecule has 0 saturated heterocycles. The van der Waals surface area contributed by atoms with E-state index in [1.54, 1.807) is 41.5 Å². The summed E-state index contributed by atoms with van der Waals surface area (Å²) < 4.78 is 5.05. The monoisotopic (exact) mass is 316 g/mol. The van der Waals surface area contributed by atoms with E-state index in [4.69, 9.17) is 4.74 Å². The Balaban J connectivity index is 4.15. The number of carbonyl (C=O) groups excluding carboxylic acids is 2. The average Bonchev–Trinajstić information content (AvgIpc) is 2.31. The van der Waals surface area contributed by atoms with Gasteiger partial charge in [0.1, 0.15) is 5.60 Å². The van der Waals surface area contributed by atoms with Crippen LogP contribution >= 0.6 is 0 Å². The van der Waals surface area contributed by atoms with Gasteiger partial charge in [-0.25, -0.2) is 4.79 Å². The first-order valence-corrected chi connectivity index (χ1v) is 7.35. The van der Waals surface area contributed by atoms with Crippen LogP contribution in [0.2, 0.25) is 0 Å². The van der Waals surface area contributed by atoms with Crippen LogP contribution in [0.25, 0.3) is 0 Å². The summed E-state index contributed by atoms with van der Waals surface area (Å²) in [4.78, 5) is 34.5. The van der Waals surface area contributed by atoms with Crippen molar-refractivity contribution in [1.29, 1.82) is 0 Å². The number of hydrogen-bond acceptors (Lipinski definition) is 4. The largest absolute Gasteiger partial charge is 0.481 e. The Morgan fingerprint density at radius 3 is 1.95 bits per heavy atom. The highest BCUT2D eigenvalue weighted by atomic mass is 16.6. The fraction of sp³-hybridized carbons (Fsp3) is 0.800. The molecular formula is C15H28N2O5. The molecule has 0 fully saturated rings. The van der Waals surface area contributed by atoms with Gasteiger partial charge in [0.2, 0.25) is 5.91 Å². The van der Waals surface area contributed by atoms with Crippen LogP contribution in [-0.2, 0) is 14.3 Å². The number of hydrogen-bond donors (Lipinski definition) is 3. The van der Waals surface area contributed by atoms with Crippen molar-refractivity contribution < 1.29 is 24.2 Å². The lowest BCUT2D eigenvalue weighted by molar-refractivity contribution is -0.153. The van der Waals surface area contributed by atoms with Gasteiger partial charge in [0.25, 0.3) is 0 Å². The molecule has 0 aromatic heterocycles. The summed E-state index contributed by atoms with van der Waals surface area (Å²) in [5.74, 6) is -1.52. The van der Waals surface area contributed by atoms with Crippen molar-refractivity contribution in [1.82, 2.24) is 10.6 Å². The predicted octanol–water partition coefficient (Wildman–Crippen LogP) is 1.76. The average molecular weight is 316 g/mol. The zero-order valence-corrected chi connectivity index (χ0v) is 14.3. The normalized spacial score (nSPS) is 14.1. The van der Waals surface area contributed by atoms with Crippen LogP contribution in [0.4, 0.5) is 4.79 Å². The molecule has 0 aromatic rings. The smallest absolute Gasteiger partial charge is 0.407 e. The SMILES string of the molecule is CC(C)C(C)(CC(=O)NCCNC(=O)OC(C)(C)C)C(=O)O. The van der Waals surface area contributed by atoms with Crippen LogP contribution in [0, 0.1) is 11.3 Å². The Kier molecular flexibility index (Phi) is 7.35. The first kappa shape index (κ1) is 20.2. The van der Waals surface area contributed by atoms with E-state index in [9.17, 15) is 19.5 Å². The van der Waals surface area contributed by atoms with E-state index in [2.05, 4.69) is 10.6 Å². The van der Waals surface area contributed by atoms with E-state index in [0.717, 1.165) is 0 Å². The molecule has 0 heterocycles. The number of ether oxygens (including phenoxy) is 1. The zero-order valence-electron chi connectivity index (χ0n) is 14.3. The number of alkyl carbamates (subject to hydrolysis) is 1. The lowest BCUT2D eigenvalue weighted by Crippen LogP contribution is -2.41. The quantitative estimate of drug-likeness (QED) is 0.621. The van der Waals surface area contributed by atoms with Crippen LogP contribution in [0.3, 0.4) is 0 Å². The molecule has 1 unspecified atom stereocenters. The molecular weight excluding hydrogens is 288 g/mol. The number of nitrogens with one attached hydrogen (secondary N) is 2. The highest BCUT2D eigenvalue weighted by Gasteiger charge is 2.38. The van der Waals surface area contributed by atoms with Gasteiger partial charge < -0.3 is 20.5 Å². The minimum Gasteiger partial charge on any atom is -0.481 e. The Labute approximate surface area is 131 Å². The summed E-state index contributed by atoms with van der Waals surface area (Å²) in [5.41, 5.74) is -1.68. The Bertz CT molecular complexity index is 415. The number of rotatable bonds is 7. The molecule has 0 aliphatic heterocycles. The first-order valence-electron chi connectivity index (χ1n) is 7.35. The van der Waals surface area contributed by atoms with Crippen LogP contribution in [0.15, 0.2) is 0 Å². The molecule has 7 heteroatoms. The van der Waals surface area contributed by atoms with Crippen LogP contribution < -0.4 is 10.6 Å². The predicted molar refractivity (Wildman–Crippen MR) is 82.4 cm³/mol. The van der Waals surface area contributed by atoms with Crippen LogP contribution in [0.5, 0.6) is 0 Å². The summed E-state index contributed by atoms with van der Waals surface area (Å²) in [5, 5.41) is 14.4. The summed E-state index contributed by atoms with van der Waals surface area (Å²) in [6.07, 6.45) is -0.661. The third-order valence-corrected chi connectivity index (χ3v) is 3.41. The molecule has 3 N–H and O–H groups in total. The van der Waals surface area contributed by atoms with Crippen molar-refractivity contribution in [3.63, 3.8) is 0 Å². The molecule has 0 aliphatic carbocycles. The number of amides is 2. The summed E-state index contributed by atoms with van der Waals surface area (Å²) in [7, 11) is 0. The summed E-state index contributed by atoms with van der Waals surface area (Å²) >= 11 is 0. The lowest BCUT2D eigenvalue weighted by Gasteiger charge is -2.28. The second kappa shape index (κ2) is 8.00. The maximum atomic E-state index is 11.8. The highest BCUT2D eigenvalue weighted by Crippen LogP contribution is 2.31. The van der Waals surface area contributed by atoms with Gasteiger partial charge in [0.15, 0.2) is 0 Å². The van der Waals surface area contributed by atoms with Gasteiger partial charge in [0.05, 0.1) is 5.41 Å². The second-order valence-electron chi connectivity index (χ2n) is 6.83. The number of carbonyl (C=O) groups is 3. The van der Waals surface area contributed by atoms with Crippen molar-refractivity contribution in [3.8, 4) is 0 Å².